The number of aromatic nitrogens is 2. The van der Waals surface area contributed by atoms with Crippen LogP contribution in [0.1, 0.15) is 37.7 Å². The molecule has 2 aromatic heterocycles. The molecule has 0 atom stereocenters. The van der Waals surface area contributed by atoms with Gasteiger partial charge in [0, 0.05) is 12.1 Å². The molecule has 9 heteroatoms. The Bertz CT molecular complexity index is 811. The predicted molar refractivity (Wildman–Crippen MR) is 85.1 cm³/mol. The average molecular weight is 369 g/mol. The number of rotatable bonds is 1. The summed E-state index contributed by atoms with van der Waals surface area (Å²) in [6, 6.07) is 3.02. The third kappa shape index (κ3) is 3.81. The van der Waals surface area contributed by atoms with Gasteiger partial charge in [0.15, 0.2) is 17.3 Å². The van der Waals surface area contributed by atoms with Crippen LogP contribution in [0.25, 0.3) is 11.6 Å². The van der Waals surface area contributed by atoms with E-state index in [1.165, 1.54) is 17.2 Å². The Morgan fingerprint density at radius 2 is 2.00 bits per heavy atom. The molecule has 26 heavy (non-hydrogen) atoms. The van der Waals surface area contributed by atoms with Gasteiger partial charge in [0.2, 0.25) is 0 Å². The van der Waals surface area contributed by atoms with Gasteiger partial charge in [-0.25, -0.2) is 14.8 Å². The number of furan rings is 1. The van der Waals surface area contributed by atoms with Crippen molar-refractivity contribution in [2.75, 3.05) is 6.54 Å². The lowest BCUT2D eigenvalue weighted by molar-refractivity contribution is -0.142. The van der Waals surface area contributed by atoms with E-state index >= 15 is 0 Å². The monoisotopic (exact) mass is 369 g/mol. The lowest BCUT2D eigenvalue weighted by Crippen LogP contribution is -2.41. The molecular weight excluding hydrogens is 351 g/mol. The van der Waals surface area contributed by atoms with Gasteiger partial charge >= 0.3 is 12.3 Å². The summed E-state index contributed by atoms with van der Waals surface area (Å²) in [5, 5.41) is 0. The van der Waals surface area contributed by atoms with E-state index < -0.39 is 23.6 Å². The first kappa shape index (κ1) is 18.2. The molecule has 0 radical (unpaired) electrons. The van der Waals surface area contributed by atoms with Crippen LogP contribution in [0.2, 0.25) is 0 Å². The fourth-order valence-electron chi connectivity index (χ4n) is 2.66. The number of amides is 1. The van der Waals surface area contributed by atoms with Gasteiger partial charge in [-0.1, -0.05) is 0 Å². The third-order valence-corrected chi connectivity index (χ3v) is 3.73. The van der Waals surface area contributed by atoms with Gasteiger partial charge < -0.3 is 14.1 Å². The minimum Gasteiger partial charge on any atom is -0.461 e. The minimum atomic E-state index is -4.62. The number of carbonyl (C=O) groups excluding carboxylic acids is 1. The maximum Gasteiger partial charge on any atom is 0.433 e. The summed E-state index contributed by atoms with van der Waals surface area (Å²) in [5.74, 6) is -0.0280. The van der Waals surface area contributed by atoms with Crippen molar-refractivity contribution in [3.63, 3.8) is 0 Å². The molecule has 0 N–H and O–H groups in total. The zero-order valence-corrected chi connectivity index (χ0v) is 14.6. The average Bonchev–Trinajstić information content (AvgIpc) is 3.05. The number of carbonyl (C=O) groups is 1. The second kappa shape index (κ2) is 6.30. The van der Waals surface area contributed by atoms with Crippen LogP contribution >= 0.6 is 0 Å². The van der Waals surface area contributed by atoms with Crippen LogP contribution in [0.5, 0.6) is 0 Å². The molecule has 3 heterocycles. The zero-order chi connectivity index (χ0) is 19.1. The highest BCUT2D eigenvalue weighted by atomic mass is 19.4. The maximum absolute atomic E-state index is 13.4. The zero-order valence-electron chi connectivity index (χ0n) is 14.6. The SMILES string of the molecule is CC(C)(C)OC(=O)N1CCc2c(nc(-c3ccco3)nc2C(F)(F)F)C1. The van der Waals surface area contributed by atoms with Gasteiger partial charge in [-0.05, 0) is 39.3 Å². The molecular formula is C17H18F3N3O3. The van der Waals surface area contributed by atoms with E-state index in [0.29, 0.717) is 0 Å². The molecule has 0 spiro atoms. The van der Waals surface area contributed by atoms with Crippen molar-refractivity contribution in [1.82, 2.24) is 14.9 Å². The number of halogens is 3. The molecule has 0 fully saturated rings. The van der Waals surface area contributed by atoms with Gasteiger partial charge in [-0.3, -0.25) is 0 Å². The molecule has 0 saturated heterocycles. The van der Waals surface area contributed by atoms with Crippen LogP contribution in [0, 0.1) is 0 Å². The van der Waals surface area contributed by atoms with Crippen molar-refractivity contribution in [2.45, 2.75) is 45.5 Å². The van der Waals surface area contributed by atoms with Crippen LogP contribution < -0.4 is 0 Å². The first-order valence-electron chi connectivity index (χ1n) is 8.03. The van der Waals surface area contributed by atoms with Crippen molar-refractivity contribution in [2.24, 2.45) is 0 Å². The molecule has 2 aromatic rings. The number of nitrogens with zero attached hydrogens (tertiary/aromatic N) is 3. The first-order chi connectivity index (χ1) is 12.0. The lowest BCUT2D eigenvalue weighted by Gasteiger charge is -2.31. The Hall–Kier alpha value is -2.58. The van der Waals surface area contributed by atoms with Gasteiger partial charge in [0.25, 0.3) is 0 Å². The number of ether oxygens (including phenoxy) is 1. The molecule has 0 bridgehead atoms. The second-order valence-corrected chi connectivity index (χ2v) is 6.95. The summed E-state index contributed by atoms with van der Waals surface area (Å²) in [5.41, 5.74) is -1.53. The first-order valence-corrected chi connectivity index (χ1v) is 8.03. The largest absolute Gasteiger partial charge is 0.461 e. The van der Waals surface area contributed by atoms with Crippen LogP contribution in [0.3, 0.4) is 0 Å². The van der Waals surface area contributed by atoms with E-state index in [2.05, 4.69) is 9.97 Å². The molecule has 0 unspecified atom stereocenters. The molecule has 3 rings (SSSR count). The number of hydrogen-bond acceptors (Lipinski definition) is 5. The van der Waals surface area contributed by atoms with Gasteiger partial charge in [-0.15, -0.1) is 0 Å². The highest BCUT2D eigenvalue weighted by Gasteiger charge is 2.40. The van der Waals surface area contributed by atoms with Crippen LogP contribution in [0.4, 0.5) is 18.0 Å². The van der Waals surface area contributed by atoms with E-state index in [1.54, 1.807) is 26.8 Å². The number of alkyl halides is 3. The summed E-state index contributed by atoms with van der Waals surface area (Å²) in [6.07, 6.45) is -3.88. The van der Waals surface area contributed by atoms with Crippen molar-refractivity contribution in [1.29, 1.82) is 0 Å². The number of fused-ring (bicyclic) bond motifs is 1. The summed E-state index contributed by atoms with van der Waals surface area (Å²) in [6.45, 7) is 5.20. The van der Waals surface area contributed by atoms with Crippen LogP contribution in [0.15, 0.2) is 22.8 Å². The fourth-order valence-corrected chi connectivity index (χ4v) is 2.66. The fraction of sp³-hybridized carbons (Fsp3) is 0.471. The van der Waals surface area contributed by atoms with E-state index in [9.17, 15) is 18.0 Å². The molecule has 1 amide bonds. The van der Waals surface area contributed by atoms with Crippen molar-refractivity contribution >= 4 is 6.09 Å². The molecule has 140 valence electrons. The lowest BCUT2D eigenvalue weighted by atomic mass is 10.0. The second-order valence-electron chi connectivity index (χ2n) is 6.95. The van der Waals surface area contributed by atoms with Gasteiger partial charge in [0.1, 0.15) is 5.60 Å². The maximum atomic E-state index is 13.4. The Morgan fingerprint density at radius 3 is 2.58 bits per heavy atom. The molecule has 6 nitrogen and oxygen atoms in total. The summed E-state index contributed by atoms with van der Waals surface area (Å²) < 4.78 is 50.8. The normalized spacial score (nSPS) is 14.9. The highest BCUT2D eigenvalue weighted by Crippen LogP contribution is 2.35. The van der Waals surface area contributed by atoms with Gasteiger partial charge in [0.05, 0.1) is 18.5 Å². The number of hydrogen-bond donors (Lipinski definition) is 0. The Labute approximate surface area is 148 Å². The molecule has 0 saturated carbocycles. The van der Waals surface area contributed by atoms with Gasteiger partial charge in [-0.2, -0.15) is 13.2 Å². The summed E-state index contributed by atoms with van der Waals surface area (Å²) in [4.78, 5) is 21.4. The third-order valence-electron chi connectivity index (χ3n) is 3.73. The predicted octanol–water partition coefficient (Wildman–Crippen LogP) is 4.05. The van der Waals surface area contributed by atoms with Crippen molar-refractivity contribution in [3.8, 4) is 11.6 Å². The molecule has 0 aromatic carbocycles. The smallest absolute Gasteiger partial charge is 0.433 e. The topological polar surface area (TPSA) is 68.5 Å². The molecule has 1 aliphatic heterocycles. The van der Waals surface area contributed by atoms with E-state index in [1.807, 2.05) is 0 Å². The summed E-state index contributed by atoms with van der Waals surface area (Å²) in [7, 11) is 0. The van der Waals surface area contributed by atoms with E-state index in [0.717, 1.165) is 0 Å². The standard InChI is InChI=1S/C17H18F3N3O3/c1-16(2,3)26-15(24)23-7-6-10-11(9-23)21-14(12-5-4-8-25-12)22-13(10)17(18,19)20/h4-5,8H,6-7,9H2,1-3H3. The summed E-state index contributed by atoms with van der Waals surface area (Å²) >= 11 is 0. The molecule has 0 aliphatic carbocycles. The van der Waals surface area contributed by atoms with Crippen LogP contribution in [-0.4, -0.2) is 33.1 Å². The van der Waals surface area contributed by atoms with E-state index in [-0.39, 0.29) is 42.4 Å². The Balaban J connectivity index is 1.98. The quantitative estimate of drug-likeness (QED) is 0.759. The van der Waals surface area contributed by atoms with Crippen molar-refractivity contribution in [3.05, 3.63) is 35.3 Å². The van der Waals surface area contributed by atoms with Crippen LogP contribution in [-0.2, 0) is 23.9 Å². The Kier molecular flexibility index (Phi) is 4.41. The Morgan fingerprint density at radius 1 is 1.27 bits per heavy atom. The minimum absolute atomic E-state index is 0.00184. The highest BCUT2D eigenvalue weighted by molar-refractivity contribution is 5.68. The van der Waals surface area contributed by atoms with Crippen molar-refractivity contribution < 1.29 is 27.1 Å². The van der Waals surface area contributed by atoms with E-state index in [4.69, 9.17) is 9.15 Å². The molecule has 1 aliphatic rings.